The van der Waals surface area contributed by atoms with E-state index in [1.807, 2.05) is 13.8 Å². The lowest BCUT2D eigenvalue weighted by atomic mass is 9.58. The maximum atomic E-state index is 13.5. The average Bonchev–Trinajstić information content (AvgIpc) is 2.80. The van der Waals surface area contributed by atoms with Crippen LogP contribution in [0.1, 0.15) is 45.6 Å². The van der Waals surface area contributed by atoms with E-state index in [0.29, 0.717) is 11.5 Å². The van der Waals surface area contributed by atoms with Gasteiger partial charge in [0.25, 0.3) is 0 Å². The van der Waals surface area contributed by atoms with Gasteiger partial charge in [0, 0.05) is 10.8 Å². The Morgan fingerprint density at radius 1 is 1.16 bits per heavy atom. The van der Waals surface area contributed by atoms with Crippen molar-refractivity contribution in [2.75, 3.05) is 0 Å². The summed E-state index contributed by atoms with van der Waals surface area (Å²) in [6.07, 6.45) is 3.00. The van der Waals surface area contributed by atoms with Gasteiger partial charge >= 0.3 is 0 Å². The maximum absolute atomic E-state index is 13.5. The van der Waals surface area contributed by atoms with Crippen molar-refractivity contribution in [3.8, 4) is 0 Å². The molecule has 0 spiro atoms. The molecule has 1 aromatic carbocycles. The van der Waals surface area contributed by atoms with Gasteiger partial charge in [0.05, 0.1) is 0 Å². The van der Waals surface area contributed by atoms with Crippen molar-refractivity contribution in [1.82, 2.24) is 0 Å². The summed E-state index contributed by atoms with van der Waals surface area (Å²) in [5, 5.41) is 11.4. The molecule has 104 valence electrons. The summed E-state index contributed by atoms with van der Waals surface area (Å²) in [6, 6.07) is 3.82. The monoisotopic (exact) mass is 266 g/mol. The first kappa shape index (κ1) is 13.0. The summed E-state index contributed by atoms with van der Waals surface area (Å²) in [4.78, 5) is 0. The van der Waals surface area contributed by atoms with Gasteiger partial charge in [-0.25, -0.2) is 8.78 Å². The summed E-state index contributed by atoms with van der Waals surface area (Å²) < 4.78 is 26.7. The number of aliphatic hydroxyl groups is 1. The van der Waals surface area contributed by atoms with E-state index in [9.17, 15) is 13.9 Å². The Labute approximate surface area is 112 Å². The summed E-state index contributed by atoms with van der Waals surface area (Å²) in [7, 11) is 0. The van der Waals surface area contributed by atoms with E-state index in [1.165, 1.54) is 12.1 Å². The molecule has 2 fully saturated rings. The third kappa shape index (κ3) is 1.37. The molecule has 0 amide bonds. The van der Waals surface area contributed by atoms with Crippen molar-refractivity contribution >= 4 is 0 Å². The maximum Gasteiger partial charge on any atom is 0.159 e. The third-order valence-corrected chi connectivity index (χ3v) is 5.91. The summed E-state index contributed by atoms with van der Waals surface area (Å²) in [6.45, 7) is 6.16. The van der Waals surface area contributed by atoms with Crippen LogP contribution in [0.15, 0.2) is 18.2 Å². The van der Waals surface area contributed by atoms with Crippen LogP contribution in [0.2, 0.25) is 0 Å². The van der Waals surface area contributed by atoms with Crippen molar-refractivity contribution in [1.29, 1.82) is 0 Å². The molecule has 0 aliphatic heterocycles. The van der Waals surface area contributed by atoms with Gasteiger partial charge in [0.2, 0.25) is 0 Å². The average molecular weight is 266 g/mol. The summed E-state index contributed by atoms with van der Waals surface area (Å²) >= 11 is 0. The number of halogens is 2. The van der Waals surface area contributed by atoms with E-state index in [2.05, 4.69) is 6.92 Å². The van der Waals surface area contributed by atoms with Gasteiger partial charge < -0.3 is 5.11 Å². The fourth-order valence-corrected chi connectivity index (χ4v) is 4.70. The molecule has 0 radical (unpaired) electrons. The topological polar surface area (TPSA) is 20.2 Å². The van der Waals surface area contributed by atoms with Crippen LogP contribution in [0.5, 0.6) is 0 Å². The van der Waals surface area contributed by atoms with Gasteiger partial charge in [-0.05, 0) is 42.9 Å². The van der Waals surface area contributed by atoms with Crippen LogP contribution in [-0.4, -0.2) is 5.11 Å². The van der Waals surface area contributed by atoms with Crippen LogP contribution in [0, 0.1) is 28.4 Å². The van der Waals surface area contributed by atoms with Crippen LogP contribution >= 0.6 is 0 Å². The molecule has 19 heavy (non-hydrogen) atoms. The van der Waals surface area contributed by atoms with Gasteiger partial charge in [-0.3, -0.25) is 0 Å². The Morgan fingerprint density at radius 3 is 2.37 bits per heavy atom. The normalized spacial score (nSPS) is 39.8. The smallest absolute Gasteiger partial charge is 0.159 e. The molecule has 3 heteroatoms. The van der Waals surface area contributed by atoms with Gasteiger partial charge in [-0.2, -0.15) is 0 Å². The zero-order valence-electron chi connectivity index (χ0n) is 11.6. The van der Waals surface area contributed by atoms with E-state index in [1.54, 1.807) is 0 Å². The van der Waals surface area contributed by atoms with Gasteiger partial charge in [-0.15, -0.1) is 0 Å². The summed E-state index contributed by atoms with van der Waals surface area (Å²) in [5.74, 6) is -1.30. The second kappa shape index (κ2) is 3.57. The van der Waals surface area contributed by atoms with Crippen LogP contribution in [0.4, 0.5) is 8.78 Å². The molecule has 0 aromatic heterocycles. The van der Waals surface area contributed by atoms with Gasteiger partial charge in [0.1, 0.15) is 5.60 Å². The summed E-state index contributed by atoms with van der Waals surface area (Å²) in [5.41, 5.74) is -1.13. The predicted octanol–water partition coefficient (Wildman–Crippen LogP) is 4.00. The largest absolute Gasteiger partial charge is 0.384 e. The Balaban J connectivity index is 2.18. The Hall–Kier alpha value is -0.960. The van der Waals surface area contributed by atoms with E-state index in [0.717, 1.165) is 25.3 Å². The minimum atomic E-state index is -1.09. The second-order valence-electron chi connectivity index (χ2n) is 7.06. The zero-order chi connectivity index (χ0) is 14.1. The zero-order valence-corrected chi connectivity index (χ0v) is 11.6. The fourth-order valence-electron chi connectivity index (χ4n) is 4.70. The van der Waals surface area contributed by atoms with E-state index >= 15 is 0 Å². The number of benzene rings is 1. The molecule has 1 N–H and O–H groups in total. The standard InChI is InChI=1S/C16H20F2O/c1-14(2)11-6-7-15(3,9-11)16(14,19)10-4-5-12(17)13(18)8-10/h4-5,8,11,19H,6-7,9H2,1-3H3. The van der Waals surface area contributed by atoms with Crippen LogP contribution in [-0.2, 0) is 5.60 Å². The molecule has 0 saturated heterocycles. The number of fused-ring (bicyclic) bond motifs is 2. The highest BCUT2D eigenvalue weighted by Crippen LogP contribution is 2.71. The van der Waals surface area contributed by atoms with E-state index < -0.39 is 17.2 Å². The minimum Gasteiger partial charge on any atom is -0.384 e. The van der Waals surface area contributed by atoms with Crippen molar-refractivity contribution < 1.29 is 13.9 Å². The Morgan fingerprint density at radius 2 is 1.84 bits per heavy atom. The van der Waals surface area contributed by atoms with Gasteiger partial charge in [0.15, 0.2) is 11.6 Å². The molecule has 3 rings (SSSR count). The molecule has 2 aliphatic rings. The number of hydrogen-bond donors (Lipinski definition) is 1. The van der Waals surface area contributed by atoms with Gasteiger partial charge in [-0.1, -0.05) is 26.8 Å². The lowest BCUT2D eigenvalue weighted by molar-refractivity contribution is -0.150. The lowest BCUT2D eigenvalue weighted by Gasteiger charge is -2.51. The van der Waals surface area contributed by atoms with Crippen LogP contribution < -0.4 is 0 Å². The number of hydrogen-bond acceptors (Lipinski definition) is 1. The molecule has 2 bridgehead atoms. The SMILES string of the molecule is CC12CCC(C1)C(C)(C)C2(O)c1ccc(F)c(F)c1. The van der Waals surface area contributed by atoms with Crippen molar-refractivity contribution in [3.05, 3.63) is 35.4 Å². The molecule has 2 aliphatic carbocycles. The van der Waals surface area contributed by atoms with Crippen molar-refractivity contribution in [2.24, 2.45) is 16.7 Å². The molecule has 0 heterocycles. The predicted molar refractivity (Wildman–Crippen MR) is 69.5 cm³/mol. The van der Waals surface area contributed by atoms with E-state index in [4.69, 9.17) is 0 Å². The Kier molecular flexibility index (Phi) is 2.45. The highest BCUT2D eigenvalue weighted by atomic mass is 19.2. The molecule has 2 saturated carbocycles. The second-order valence-corrected chi connectivity index (χ2v) is 7.06. The quantitative estimate of drug-likeness (QED) is 0.814. The molecular formula is C16H20F2O. The molecule has 3 atom stereocenters. The van der Waals surface area contributed by atoms with Crippen LogP contribution in [0.25, 0.3) is 0 Å². The fraction of sp³-hybridized carbons (Fsp3) is 0.625. The van der Waals surface area contributed by atoms with Crippen LogP contribution in [0.3, 0.4) is 0 Å². The highest BCUT2D eigenvalue weighted by Gasteiger charge is 2.69. The van der Waals surface area contributed by atoms with Crippen molar-refractivity contribution in [3.63, 3.8) is 0 Å². The van der Waals surface area contributed by atoms with Crippen molar-refractivity contribution in [2.45, 2.75) is 45.6 Å². The Bertz CT molecular complexity index is 533. The minimum absolute atomic E-state index is 0.245. The molecular weight excluding hydrogens is 246 g/mol. The highest BCUT2D eigenvalue weighted by molar-refractivity contribution is 5.34. The lowest BCUT2D eigenvalue weighted by Crippen LogP contribution is -2.51. The molecule has 1 aromatic rings. The molecule has 3 unspecified atom stereocenters. The number of rotatable bonds is 1. The first-order valence-electron chi connectivity index (χ1n) is 6.90. The first-order chi connectivity index (χ1) is 8.72. The molecule has 1 nitrogen and oxygen atoms in total. The van der Waals surface area contributed by atoms with E-state index in [-0.39, 0.29) is 10.8 Å². The third-order valence-electron chi connectivity index (χ3n) is 5.91. The first-order valence-corrected chi connectivity index (χ1v) is 6.90.